The summed E-state index contributed by atoms with van der Waals surface area (Å²) in [5, 5.41) is 4.17. The number of likely N-dealkylation sites (tertiary alicyclic amines) is 1. The van der Waals surface area contributed by atoms with Gasteiger partial charge in [0.15, 0.2) is 0 Å². The van der Waals surface area contributed by atoms with E-state index >= 15 is 0 Å². The molecule has 1 aliphatic heterocycles. The highest BCUT2D eigenvalue weighted by molar-refractivity contribution is 7.21. The number of nitrogens with zero attached hydrogens (tertiary/aromatic N) is 4. The molecule has 4 aromatic rings. The van der Waals surface area contributed by atoms with E-state index in [2.05, 4.69) is 28.2 Å². The van der Waals surface area contributed by atoms with Gasteiger partial charge in [0.25, 0.3) is 0 Å². The standard InChI is InChI=1S/C23H22FN5S/c1-15-4-9-21(26-19(15)14-29-10-2-3-11-29)28-22-12-18-20(13-25-22)30-23(27-18)16-5-7-17(24)8-6-16/h4-9,12-13H,2-3,10-11,14H2,1H3,(H,25,26,28). The van der Waals surface area contributed by atoms with Crippen molar-refractivity contribution in [1.29, 1.82) is 0 Å². The zero-order valence-corrected chi connectivity index (χ0v) is 17.5. The van der Waals surface area contributed by atoms with Gasteiger partial charge < -0.3 is 5.32 Å². The maximum Gasteiger partial charge on any atom is 0.133 e. The minimum absolute atomic E-state index is 0.247. The molecule has 30 heavy (non-hydrogen) atoms. The lowest BCUT2D eigenvalue weighted by molar-refractivity contribution is 0.326. The third-order valence-electron chi connectivity index (χ3n) is 5.40. The first-order chi connectivity index (χ1) is 14.6. The summed E-state index contributed by atoms with van der Waals surface area (Å²) in [6.45, 7) is 5.30. The second-order valence-electron chi connectivity index (χ2n) is 7.63. The van der Waals surface area contributed by atoms with Gasteiger partial charge in [0.05, 0.1) is 15.9 Å². The highest BCUT2D eigenvalue weighted by atomic mass is 32.1. The van der Waals surface area contributed by atoms with E-state index in [9.17, 15) is 4.39 Å². The molecule has 0 atom stereocenters. The van der Waals surface area contributed by atoms with Gasteiger partial charge in [-0.3, -0.25) is 4.90 Å². The fourth-order valence-electron chi connectivity index (χ4n) is 3.70. The summed E-state index contributed by atoms with van der Waals surface area (Å²) in [7, 11) is 0. The molecular weight excluding hydrogens is 397 g/mol. The lowest BCUT2D eigenvalue weighted by Crippen LogP contribution is -2.20. The number of benzene rings is 1. The molecule has 1 N–H and O–H groups in total. The molecular formula is C23H22FN5S. The zero-order valence-electron chi connectivity index (χ0n) is 16.7. The monoisotopic (exact) mass is 419 g/mol. The van der Waals surface area contributed by atoms with E-state index in [4.69, 9.17) is 9.97 Å². The van der Waals surface area contributed by atoms with Crippen LogP contribution in [-0.4, -0.2) is 32.9 Å². The minimum Gasteiger partial charge on any atom is -0.325 e. The van der Waals surface area contributed by atoms with Gasteiger partial charge in [0, 0.05) is 24.4 Å². The largest absolute Gasteiger partial charge is 0.325 e. The molecule has 3 aromatic heterocycles. The van der Waals surface area contributed by atoms with E-state index in [1.165, 1.54) is 30.5 Å². The molecule has 1 aromatic carbocycles. The number of pyridine rings is 2. The number of fused-ring (bicyclic) bond motifs is 1. The van der Waals surface area contributed by atoms with Crippen molar-refractivity contribution < 1.29 is 4.39 Å². The van der Waals surface area contributed by atoms with Crippen molar-refractivity contribution in [3.8, 4) is 10.6 Å². The second kappa shape index (κ2) is 8.08. The molecule has 152 valence electrons. The topological polar surface area (TPSA) is 53.9 Å². The molecule has 0 spiro atoms. The normalized spacial score (nSPS) is 14.5. The number of rotatable bonds is 5. The van der Waals surface area contributed by atoms with Crippen LogP contribution in [0.15, 0.2) is 48.7 Å². The van der Waals surface area contributed by atoms with Crippen LogP contribution >= 0.6 is 11.3 Å². The Morgan fingerprint density at radius 3 is 2.63 bits per heavy atom. The Hall–Kier alpha value is -2.90. The lowest BCUT2D eigenvalue weighted by atomic mass is 10.2. The maximum atomic E-state index is 13.2. The smallest absolute Gasteiger partial charge is 0.133 e. The van der Waals surface area contributed by atoms with Crippen molar-refractivity contribution in [2.45, 2.75) is 26.3 Å². The van der Waals surface area contributed by atoms with Gasteiger partial charge in [-0.05, 0) is 68.8 Å². The van der Waals surface area contributed by atoms with E-state index in [1.54, 1.807) is 23.5 Å². The van der Waals surface area contributed by atoms with Gasteiger partial charge in [-0.15, -0.1) is 11.3 Å². The Morgan fingerprint density at radius 1 is 1.03 bits per heavy atom. The maximum absolute atomic E-state index is 13.2. The van der Waals surface area contributed by atoms with E-state index in [0.29, 0.717) is 5.82 Å². The number of hydrogen-bond donors (Lipinski definition) is 1. The van der Waals surface area contributed by atoms with Crippen LogP contribution in [0.1, 0.15) is 24.1 Å². The molecule has 7 heteroatoms. The molecule has 0 amide bonds. The first-order valence-corrected chi connectivity index (χ1v) is 10.9. The van der Waals surface area contributed by atoms with E-state index in [-0.39, 0.29) is 5.82 Å². The fraction of sp³-hybridized carbons (Fsp3) is 0.261. The van der Waals surface area contributed by atoms with Crippen LogP contribution in [0.3, 0.4) is 0 Å². The third kappa shape index (κ3) is 4.04. The summed E-state index contributed by atoms with van der Waals surface area (Å²) in [5.41, 5.74) is 4.08. The van der Waals surface area contributed by atoms with Gasteiger partial charge in [0.1, 0.15) is 22.5 Å². The molecule has 5 rings (SSSR count). The van der Waals surface area contributed by atoms with Gasteiger partial charge in [-0.25, -0.2) is 19.3 Å². The minimum atomic E-state index is -0.247. The Morgan fingerprint density at radius 2 is 1.83 bits per heavy atom. The predicted molar refractivity (Wildman–Crippen MR) is 120 cm³/mol. The van der Waals surface area contributed by atoms with E-state index < -0.39 is 0 Å². The number of halogens is 1. The summed E-state index contributed by atoms with van der Waals surface area (Å²) in [6.07, 6.45) is 4.37. The number of aryl methyl sites for hydroxylation is 1. The van der Waals surface area contributed by atoms with Crippen molar-refractivity contribution in [3.05, 3.63) is 65.7 Å². The van der Waals surface area contributed by atoms with E-state index in [1.807, 2.05) is 18.3 Å². The van der Waals surface area contributed by atoms with Crippen LogP contribution in [0.25, 0.3) is 20.8 Å². The summed E-state index contributed by atoms with van der Waals surface area (Å²) in [4.78, 5) is 16.5. The number of nitrogens with one attached hydrogen (secondary N) is 1. The molecule has 1 saturated heterocycles. The predicted octanol–water partition coefficient (Wildman–Crippen LogP) is 5.54. The fourth-order valence-corrected chi connectivity index (χ4v) is 4.62. The van der Waals surface area contributed by atoms with Crippen LogP contribution in [0.2, 0.25) is 0 Å². The van der Waals surface area contributed by atoms with Crippen LogP contribution in [0.5, 0.6) is 0 Å². The van der Waals surface area contributed by atoms with Crippen molar-refractivity contribution in [3.63, 3.8) is 0 Å². The zero-order chi connectivity index (χ0) is 20.5. The molecule has 0 bridgehead atoms. The van der Waals surface area contributed by atoms with Gasteiger partial charge in [-0.2, -0.15) is 0 Å². The number of hydrogen-bond acceptors (Lipinski definition) is 6. The molecule has 4 heterocycles. The summed E-state index contributed by atoms with van der Waals surface area (Å²) < 4.78 is 14.2. The number of aromatic nitrogens is 3. The van der Waals surface area contributed by atoms with Gasteiger partial charge >= 0.3 is 0 Å². The third-order valence-corrected chi connectivity index (χ3v) is 6.45. The highest BCUT2D eigenvalue weighted by Crippen LogP contribution is 2.31. The van der Waals surface area contributed by atoms with Crippen molar-refractivity contribution >= 4 is 33.2 Å². The Bertz CT molecular complexity index is 1180. The average Bonchev–Trinajstić information content (AvgIpc) is 3.40. The number of anilines is 2. The molecule has 0 aliphatic carbocycles. The average molecular weight is 420 g/mol. The first kappa shape index (κ1) is 19.1. The summed E-state index contributed by atoms with van der Waals surface area (Å²) in [6, 6.07) is 12.4. The Balaban J connectivity index is 1.38. The lowest BCUT2D eigenvalue weighted by Gasteiger charge is -2.16. The highest BCUT2D eigenvalue weighted by Gasteiger charge is 2.14. The SMILES string of the molecule is Cc1ccc(Nc2cc3nc(-c4ccc(F)cc4)sc3cn2)nc1CN1CCCC1. The molecule has 1 aliphatic rings. The molecule has 0 radical (unpaired) electrons. The molecule has 0 unspecified atom stereocenters. The van der Waals surface area contributed by atoms with Crippen molar-refractivity contribution in [1.82, 2.24) is 19.9 Å². The molecule has 0 saturated carbocycles. The van der Waals surface area contributed by atoms with E-state index in [0.717, 1.165) is 51.9 Å². The summed E-state index contributed by atoms with van der Waals surface area (Å²) >= 11 is 1.55. The van der Waals surface area contributed by atoms with Crippen LogP contribution in [-0.2, 0) is 6.54 Å². The van der Waals surface area contributed by atoms with Crippen LogP contribution < -0.4 is 5.32 Å². The Kier molecular flexibility index (Phi) is 5.14. The molecule has 1 fully saturated rings. The van der Waals surface area contributed by atoms with Crippen LogP contribution in [0, 0.1) is 12.7 Å². The van der Waals surface area contributed by atoms with Crippen LogP contribution in [0.4, 0.5) is 16.0 Å². The first-order valence-electron chi connectivity index (χ1n) is 10.1. The second-order valence-corrected chi connectivity index (χ2v) is 8.66. The molecule has 5 nitrogen and oxygen atoms in total. The van der Waals surface area contributed by atoms with Gasteiger partial charge in [-0.1, -0.05) is 6.07 Å². The Labute approximate surface area is 178 Å². The number of thiazole rings is 1. The quantitative estimate of drug-likeness (QED) is 0.460. The van der Waals surface area contributed by atoms with Crippen molar-refractivity contribution in [2.75, 3.05) is 18.4 Å². The summed E-state index contributed by atoms with van der Waals surface area (Å²) in [5.74, 6) is 1.25. The van der Waals surface area contributed by atoms with Gasteiger partial charge in [0.2, 0.25) is 0 Å². The van der Waals surface area contributed by atoms with Crippen molar-refractivity contribution in [2.24, 2.45) is 0 Å².